The van der Waals surface area contributed by atoms with E-state index in [4.69, 9.17) is 0 Å². The lowest BCUT2D eigenvalue weighted by Gasteiger charge is -2.42. The van der Waals surface area contributed by atoms with Crippen molar-refractivity contribution in [3.63, 3.8) is 0 Å². The van der Waals surface area contributed by atoms with Gasteiger partial charge in [0.05, 0.1) is 11.0 Å². The maximum absolute atomic E-state index is 2.48. The van der Waals surface area contributed by atoms with Crippen LogP contribution in [0.4, 0.5) is 17.1 Å². The van der Waals surface area contributed by atoms with Gasteiger partial charge in [-0.05, 0) is 146 Å². The van der Waals surface area contributed by atoms with Crippen molar-refractivity contribution in [3.05, 3.63) is 204 Å². The average molecular weight is 789 g/mol. The van der Waals surface area contributed by atoms with Crippen LogP contribution >= 0.6 is 0 Å². The van der Waals surface area contributed by atoms with E-state index >= 15 is 0 Å². The van der Waals surface area contributed by atoms with Crippen LogP contribution in [-0.4, -0.2) is 4.57 Å². The lowest BCUT2D eigenvalue weighted by Crippen LogP contribution is -2.33. The van der Waals surface area contributed by atoms with Crippen molar-refractivity contribution in [2.24, 2.45) is 0 Å². The molecular formula is C59H52N2. The summed E-state index contributed by atoms with van der Waals surface area (Å²) in [5.74, 6) is 0. The number of nitrogens with zero attached hydrogens (tertiary/aromatic N) is 2. The minimum absolute atomic E-state index is 0.0934. The van der Waals surface area contributed by atoms with E-state index in [-0.39, 0.29) is 16.2 Å². The number of aromatic nitrogens is 1. The second-order valence-electron chi connectivity index (χ2n) is 19.3. The molecule has 0 fully saturated rings. The summed E-state index contributed by atoms with van der Waals surface area (Å²) in [5, 5.41) is 2.55. The average Bonchev–Trinajstić information content (AvgIpc) is 3.74. The van der Waals surface area contributed by atoms with E-state index < -0.39 is 0 Å². The van der Waals surface area contributed by atoms with Gasteiger partial charge in [-0.3, -0.25) is 0 Å². The first-order valence-corrected chi connectivity index (χ1v) is 22.0. The molecule has 0 radical (unpaired) electrons. The molecule has 9 aromatic rings. The Balaban J connectivity index is 0.995. The highest BCUT2D eigenvalue weighted by Gasteiger charge is 2.38. The third-order valence-electron chi connectivity index (χ3n) is 14.3. The van der Waals surface area contributed by atoms with Crippen LogP contribution in [-0.2, 0) is 16.2 Å². The van der Waals surface area contributed by atoms with Crippen molar-refractivity contribution in [3.8, 4) is 39.1 Å². The fraction of sp³-hybridized carbons (Fsp3) is 0.186. The van der Waals surface area contributed by atoms with Crippen LogP contribution < -0.4 is 4.90 Å². The van der Waals surface area contributed by atoms with Gasteiger partial charge in [-0.15, -0.1) is 0 Å². The molecule has 0 spiro atoms. The summed E-state index contributed by atoms with van der Waals surface area (Å²) < 4.78 is 2.48. The maximum atomic E-state index is 2.48. The third kappa shape index (κ3) is 5.98. The van der Waals surface area contributed by atoms with E-state index in [2.05, 4.69) is 233 Å². The number of fused-ring (bicyclic) bond motifs is 7. The molecule has 0 atom stereocenters. The van der Waals surface area contributed by atoms with Gasteiger partial charge in [0, 0.05) is 38.9 Å². The van der Waals surface area contributed by atoms with Gasteiger partial charge in [0.15, 0.2) is 0 Å². The first-order chi connectivity index (χ1) is 29.5. The van der Waals surface area contributed by atoms with Crippen LogP contribution in [0.25, 0.3) is 60.9 Å². The molecule has 0 aliphatic heterocycles. The summed E-state index contributed by atoms with van der Waals surface area (Å²) in [6, 6.07) is 67.9. The molecule has 0 bridgehead atoms. The smallest absolute Gasteiger partial charge is 0.0541 e. The predicted octanol–water partition coefficient (Wildman–Crippen LogP) is 16.2. The van der Waals surface area contributed by atoms with Crippen LogP contribution in [0.15, 0.2) is 182 Å². The fourth-order valence-corrected chi connectivity index (χ4v) is 10.7. The van der Waals surface area contributed by atoms with Crippen LogP contribution in [0.5, 0.6) is 0 Å². The summed E-state index contributed by atoms with van der Waals surface area (Å²) in [4.78, 5) is 2.41. The van der Waals surface area contributed by atoms with E-state index in [0.717, 1.165) is 17.1 Å². The van der Waals surface area contributed by atoms with Crippen LogP contribution in [0.2, 0.25) is 0 Å². The maximum Gasteiger partial charge on any atom is 0.0541 e. The molecule has 0 unspecified atom stereocenters. The molecule has 11 rings (SSSR count). The Morgan fingerprint density at radius 2 is 0.934 bits per heavy atom. The summed E-state index contributed by atoms with van der Waals surface area (Å²) in [5.41, 5.74) is 20.6. The normalized spacial score (nSPS) is 15.6. The molecule has 8 aromatic carbocycles. The molecular weight excluding hydrogens is 737 g/mol. The van der Waals surface area contributed by atoms with Crippen LogP contribution in [0.1, 0.15) is 76.6 Å². The second kappa shape index (κ2) is 13.7. The first kappa shape index (κ1) is 37.4. The molecule has 1 heterocycles. The Morgan fingerprint density at radius 3 is 1.67 bits per heavy atom. The topological polar surface area (TPSA) is 8.17 Å². The molecule has 0 N–H and O–H groups in total. The Kier molecular flexibility index (Phi) is 8.39. The van der Waals surface area contributed by atoms with Gasteiger partial charge in [-0.25, -0.2) is 0 Å². The van der Waals surface area contributed by atoms with E-state index in [1.54, 1.807) is 0 Å². The summed E-state index contributed by atoms with van der Waals surface area (Å²) in [7, 11) is 0. The first-order valence-electron chi connectivity index (χ1n) is 22.0. The minimum atomic E-state index is -0.0934. The summed E-state index contributed by atoms with van der Waals surface area (Å²) >= 11 is 0. The molecule has 0 saturated heterocycles. The fourth-order valence-electron chi connectivity index (χ4n) is 10.7. The highest BCUT2D eigenvalue weighted by Crippen LogP contribution is 2.51. The number of hydrogen-bond acceptors (Lipinski definition) is 1. The molecule has 1 aromatic heterocycles. The number of benzene rings is 8. The van der Waals surface area contributed by atoms with Gasteiger partial charge in [-0.2, -0.15) is 0 Å². The zero-order valence-electron chi connectivity index (χ0n) is 36.1. The van der Waals surface area contributed by atoms with E-state index in [9.17, 15) is 0 Å². The summed E-state index contributed by atoms with van der Waals surface area (Å²) in [6.45, 7) is 14.4. The largest absolute Gasteiger partial charge is 0.310 e. The minimum Gasteiger partial charge on any atom is -0.310 e. The number of para-hydroxylation sites is 1. The zero-order chi connectivity index (χ0) is 41.7. The highest BCUT2D eigenvalue weighted by molar-refractivity contribution is 6.10. The molecule has 2 nitrogen and oxygen atoms in total. The molecule has 61 heavy (non-hydrogen) atoms. The van der Waals surface area contributed by atoms with Crippen molar-refractivity contribution >= 4 is 38.9 Å². The van der Waals surface area contributed by atoms with Crippen molar-refractivity contribution < 1.29 is 0 Å². The second-order valence-corrected chi connectivity index (χ2v) is 19.3. The Morgan fingerprint density at radius 1 is 0.377 bits per heavy atom. The molecule has 0 amide bonds. The van der Waals surface area contributed by atoms with Gasteiger partial charge in [0.25, 0.3) is 0 Å². The van der Waals surface area contributed by atoms with Crippen LogP contribution in [0.3, 0.4) is 0 Å². The van der Waals surface area contributed by atoms with Gasteiger partial charge in [0.2, 0.25) is 0 Å². The molecule has 298 valence electrons. The van der Waals surface area contributed by atoms with E-state index in [1.807, 2.05) is 0 Å². The number of hydrogen-bond donors (Lipinski definition) is 0. The van der Waals surface area contributed by atoms with Gasteiger partial charge in [-0.1, -0.05) is 157 Å². The predicted molar refractivity (Wildman–Crippen MR) is 259 cm³/mol. The highest BCUT2D eigenvalue weighted by atomic mass is 15.1. The van der Waals surface area contributed by atoms with Gasteiger partial charge < -0.3 is 9.47 Å². The van der Waals surface area contributed by atoms with Crippen LogP contribution in [0, 0.1) is 0 Å². The van der Waals surface area contributed by atoms with E-state index in [0.29, 0.717) is 0 Å². The lowest BCUT2D eigenvalue weighted by molar-refractivity contribution is 0.332. The van der Waals surface area contributed by atoms with Gasteiger partial charge >= 0.3 is 0 Å². The third-order valence-corrected chi connectivity index (χ3v) is 14.3. The SMILES string of the molecule is CC1(C)CCC(C)(C)c2cc(-n3c4ccccc4c4cc(-c5ccc(N(c6ccc(-c7ccccc7)cc6)c6ccc7c(c6)C(C)(C)c6ccccc6-7)cc5)ccc43)ccc21. The molecule has 2 heteroatoms. The van der Waals surface area contributed by atoms with Crippen molar-refractivity contribution in [1.82, 2.24) is 4.57 Å². The van der Waals surface area contributed by atoms with E-state index in [1.165, 1.54) is 96.0 Å². The molecule has 2 aliphatic rings. The van der Waals surface area contributed by atoms with Crippen molar-refractivity contribution in [2.45, 2.75) is 70.6 Å². The zero-order valence-corrected chi connectivity index (χ0v) is 36.1. The Hall–Kier alpha value is -6.64. The Labute approximate surface area is 360 Å². The lowest BCUT2D eigenvalue weighted by atomic mass is 9.63. The quantitative estimate of drug-likeness (QED) is 0.163. The number of rotatable bonds is 6. The molecule has 0 saturated carbocycles. The standard InChI is InChI=1S/C59H52N2/c1-57(2)34-35-58(3,4)54-38-46(30-32-52(54)57)61-55-19-13-11-17-49(55)50-36-42(24-33-56(50)61)41-22-27-44(28-23-41)60(43-25-20-40(21-26-43)39-14-8-7-9-15-39)45-29-31-48-47-16-10-12-18-51(47)59(5,6)53(48)37-45/h7-33,36-38H,34-35H2,1-6H3. The monoisotopic (exact) mass is 788 g/mol. The van der Waals surface area contributed by atoms with Crippen molar-refractivity contribution in [2.75, 3.05) is 4.90 Å². The molecule has 2 aliphatic carbocycles. The van der Waals surface area contributed by atoms with Crippen molar-refractivity contribution in [1.29, 1.82) is 0 Å². The Bertz CT molecular complexity index is 3140. The summed E-state index contributed by atoms with van der Waals surface area (Å²) in [6.07, 6.45) is 2.41. The number of anilines is 3. The van der Waals surface area contributed by atoms with Gasteiger partial charge in [0.1, 0.15) is 0 Å².